The summed E-state index contributed by atoms with van der Waals surface area (Å²) in [4.78, 5) is 28.0. The number of hydrogen-bond donors (Lipinski definition) is 1. The summed E-state index contributed by atoms with van der Waals surface area (Å²) in [7, 11) is 0. The minimum atomic E-state index is -0.495. The summed E-state index contributed by atoms with van der Waals surface area (Å²) in [6.07, 6.45) is 0.885. The Balaban J connectivity index is 1.73. The van der Waals surface area contributed by atoms with Gasteiger partial charge < -0.3 is 10.1 Å². The molecule has 4 rings (SSSR count). The van der Waals surface area contributed by atoms with E-state index in [1.54, 1.807) is 24.3 Å². The summed E-state index contributed by atoms with van der Waals surface area (Å²) < 4.78 is 19.1. The number of carbonyl (C=O) groups is 2. The van der Waals surface area contributed by atoms with Gasteiger partial charge in [-0.2, -0.15) is 0 Å². The van der Waals surface area contributed by atoms with Crippen molar-refractivity contribution in [2.24, 2.45) is 0 Å². The zero-order valence-corrected chi connectivity index (χ0v) is 19.5. The number of imide groups is 1. The molecule has 3 aromatic rings. The molecule has 0 spiro atoms. The summed E-state index contributed by atoms with van der Waals surface area (Å²) in [5, 5.41) is 3.16. The number of benzene rings is 3. The molecule has 5 nitrogen and oxygen atoms in total. The first-order valence-corrected chi connectivity index (χ1v) is 11.4. The average Bonchev–Trinajstić information content (AvgIpc) is 3.08. The largest absolute Gasteiger partial charge is 0.494 e. The second-order valence-corrected chi connectivity index (χ2v) is 8.45. The summed E-state index contributed by atoms with van der Waals surface area (Å²) in [5.74, 6) is -0.341. The lowest BCUT2D eigenvalue weighted by Crippen LogP contribution is -2.32. The Morgan fingerprint density at radius 2 is 1.53 bits per heavy atom. The van der Waals surface area contributed by atoms with Crippen molar-refractivity contribution in [1.82, 2.24) is 0 Å². The predicted molar refractivity (Wildman–Crippen MR) is 132 cm³/mol. The molecule has 3 aromatic carbocycles. The van der Waals surface area contributed by atoms with Crippen LogP contribution in [0.3, 0.4) is 0 Å². The summed E-state index contributed by atoms with van der Waals surface area (Å²) in [6, 6.07) is 20.2. The van der Waals surface area contributed by atoms with Gasteiger partial charge in [0.1, 0.15) is 17.3 Å². The second kappa shape index (κ2) is 9.91. The Hall–Kier alpha value is -3.93. The van der Waals surface area contributed by atoms with Crippen LogP contribution >= 0.6 is 0 Å². The lowest BCUT2D eigenvalue weighted by Gasteiger charge is -2.15. The van der Waals surface area contributed by atoms with Gasteiger partial charge >= 0.3 is 0 Å². The van der Waals surface area contributed by atoms with E-state index in [2.05, 4.69) is 19.2 Å². The standard InChI is InChI=1S/C28H27FN2O3/c1-4-17-34-24-15-7-20(8-16-24)25-26(30-22-11-5-19(6-12-22)18(2)3)28(33)31(27(25)32)23-13-9-21(29)10-14-23/h5-16,18,30H,4,17H2,1-3H3. The van der Waals surface area contributed by atoms with Gasteiger partial charge in [-0.3, -0.25) is 9.59 Å². The number of nitrogens with zero attached hydrogens (tertiary/aromatic N) is 1. The van der Waals surface area contributed by atoms with E-state index in [9.17, 15) is 14.0 Å². The van der Waals surface area contributed by atoms with E-state index in [1.165, 1.54) is 29.8 Å². The lowest BCUT2D eigenvalue weighted by atomic mass is 10.0. The molecule has 0 fully saturated rings. The van der Waals surface area contributed by atoms with Gasteiger partial charge in [-0.05, 0) is 72.0 Å². The van der Waals surface area contributed by atoms with E-state index >= 15 is 0 Å². The van der Waals surface area contributed by atoms with Crippen LogP contribution in [-0.2, 0) is 9.59 Å². The molecule has 0 bridgehead atoms. The van der Waals surface area contributed by atoms with Crippen LogP contribution in [0.15, 0.2) is 78.5 Å². The number of rotatable bonds is 8. The first-order valence-electron chi connectivity index (χ1n) is 11.4. The first kappa shape index (κ1) is 23.2. The van der Waals surface area contributed by atoms with Crippen molar-refractivity contribution in [2.75, 3.05) is 16.8 Å². The van der Waals surface area contributed by atoms with Crippen molar-refractivity contribution >= 4 is 28.8 Å². The third kappa shape index (κ3) is 4.71. The van der Waals surface area contributed by atoms with Crippen LogP contribution < -0.4 is 15.0 Å². The molecule has 1 heterocycles. The molecule has 1 aliphatic heterocycles. The van der Waals surface area contributed by atoms with E-state index in [0.29, 0.717) is 35.2 Å². The molecule has 0 radical (unpaired) electrons. The molecular weight excluding hydrogens is 431 g/mol. The highest BCUT2D eigenvalue weighted by Crippen LogP contribution is 2.34. The van der Waals surface area contributed by atoms with Gasteiger partial charge in [0.05, 0.1) is 17.9 Å². The zero-order chi connectivity index (χ0) is 24.2. The van der Waals surface area contributed by atoms with Crippen LogP contribution in [0.1, 0.15) is 44.2 Å². The molecule has 0 saturated heterocycles. The van der Waals surface area contributed by atoms with Gasteiger partial charge in [0.15, 0.2) is 0 Å². The molecule has 2 amide bonds. The third-order valence-electron chi connectivity index (χ3n) is 5.63. The molecule has 0 unspecified atom stereocenters. The van der Waals surface area contributed by atoms with Crippen LogP contribution in [0.5, 0.6) is 5.75 Å². The number of amides is 2. The van der Waals surface area contributed by atoms with Crippen LogP contribution in [0, 0.1) is 5.82 Å². The smallest absolute Gasteiger partial charge is 0.282 e. The molecule has 0 aromatic heterocycles. The topological polar surface area (TPSA) is 58.6 Å². The number of ether oxygens (including phenoxy) is 1. The minimum absolute atomic E-state index is 0.175. The van der Waals surface area contributed by atoms with Crippen molar-refractivity contribution in [1.29, 1.82) is 0 Å². The highest BCUT2D eigenvalue weighted by molar-refractivity contribution is 6.46. The number of nitrogens with one attached hydrogen (secondary N) is 1. The Labute approximate surface area is 198 Å². The van der Waals surface area contributed by atoms with Gasteiger partial charge in [0.2, 0.25) is 0 Å². The van der Waals surface area contributed by atoms with Crippen LogP contribution in [0.4, 0.5) is 15.8 Å². The summed E-state index contributed by atoms with van der Waals surface area (Å²) in [6.45, 7) is 6.84. The fraction of sp³-hybridized carbons (Fsp3) is 0.214. The van der Waals surface area contributed by atoms with E-state index in [4.69, 9.17) is 4.74 Å². The normalized spacial score (nSPS) is 13.7. The Morgan fingerprint density at radius 3 is 2.12 bits per heavy atom. The highest BCUT2D eigenvalue weighted by atomic mass is 19.1. The SMILES string of the molecule is CCCOc1ccc(C2=C(Nc3ccc(C(C)C)cc3)C(=O)N(c3ccc(F)cc3)C2=O)cc1. The minimum Gasteiger partial charge on any atom is -0.494 e. The van der Waals surface area contributed by atoms with Crippen molar-refractivity contribution in [3.8, 4) is 5.75 Å². The zero-order valence-electron chi connectivity index (χ0n) is 19.5. The predicted octanol–water partition coefficient (Wildman–Crippen LogP) is 6.13. The van der Waals surface area contributed by atoms with Gasteiger partial charge in [-0.25, -0.2) is 9.29 Å². The number of anilines is 2. The van der Waals surface area contributed by atoms with Gasteiger partial charge in [-0.1, -0.05) is 45.0 Å². The summed E-state index contributed by atoms with van der Waals surface area (Å²) >= 11 is 0. The Bertz CT molecular complexity index is 1210. The number of hydrogen-bond acceptors (Lipinski definition) is 4. The van der Waals surface area contributed by atoms with Gasteiger partial charge in [0, 0.05) is 5.69 Å². The second-order valence-electron chi connectivity index (χ2n) is 8.45. The van der Waals surface area contributed by atoms with Crippen molar-refractivity contribution in [3.05, 3.63) is 95.4 Å². The Kier molecular flexibility index (Phi) is 6.77. The van der Waals surface area contributed by atoms with Crippen molar-refractivity contribution in [3.63, 3.8) is 0 Å². The van der Waals surface area contributed by atoms with E-state index in [-0.39, 0.29) is 11.3 Å². The molecule has 0 aliphatic carbocycles. The summed E-state index contributed by atoms with van der Waals surface area (Å²) in [5.41, 5.74) is 3.20. The molecule has 0 saturated carbocycles. The maximum atomic E-state index is 13.5. The highest BCUT2D eigenvalue weighted by Gasteiger charge is 2.40. The number of halogens is 1. The Morgan fingerprint density at radius 1 is 0.882 bits per heavy atom. The first-order chi connectivity index (χ1) is 16.4. The van der Waals surface area contributed by atoms with E-state index in [1.807, 2.05) is 31.2 Å². The third-order valence-corrected chi connectivity index (χ3v) is 5.63. The fourth-order valence-electron chi connectivity index (χ4n) is 3.77. The monoisotopic (exact) mass is 458 g/mol. The molecular formula is C28H27FN2O3. The van der Waals surface area contributed by atoms with Crippen LogP contribution in [0.25, 0.3) is 5.57 Å². The van der Waals surface area contributed by atoms with Crippen LogP contribution in [-0.4, -0.2) is 18.4 Å². The van der Waals surface area contributed by atoms with Crippen molar-refractivity contribution < 1.29 is 18.7 Å². The molecule has 6 heteroatoms. The number of carbonyl (C=O) groups excluding carboxylic acids is 2. The molecule has 34 heavy (non-hydrogen) atoms. The van der Waals surface area contributed by atoms with Crippen molar-refractivity contribution in [2.45, 2.75) is 33.1 Å². The van der Waals surface area contributed by atoms with E-state index in [0.717, 1.165) is 11.3 Å². The maximum absolute atomic E-state index is 13.5. The maximum Gasteiger partial charge on any atom is 0.282 e. The molecule has 1 aliphatic rings. The van der Waals surface area contributed by atoms with Gasteiger partial charge in [-0.15, -0.1) is 0 Å². The average molecular weight is 459 g/mol. The molecule has 0 atom stereocenters. The molecule has 1 N–H and O–H groups in total. The fourth-order valence-corrected chi connectivity index (χ4v) is 3.77. The quantitative estimate of drug-likeness (QED) is 0.412. The molecule has 174 valence electrons. The van der Waals surface area contributed by atoms with Gasteiger partial charge in [0.25, 0.3) is 11.8 Å². The van der Waals surface area contributed by atoms with Crippen LogP contribution in [0.2, 0.25) is 0 Å². The van der Waals surface area contributed by atoms with E-state index < -0.39 is 17.6 Å². The lowest BCUT2D eigenvalue weighted by molar-refractivity contribution is -0.120.